The maximum absolute atomic E-state index is 9.81. The molecular weight excluding hydrogens is 384 g/mol. The minimum Gasteiger partial charge on any atom is -0.494 e. The first-order valence-corrected chi connectivity index (χ1v) is 10.4. The van der Waals surface area contributed by atoms with Gasteiger partial charge in [-0.25, -0.2) is 0 Å². The molecule has 0 radical (unpaired) electrons. The lowest BCUT2D eigenvalue weighted by Crippen LogP contribution is -2.21. The first-order valence-electron chi connectivity index (χ1n) is 9.19. The number of H-pyrrole nitrogens is 1. The van der Waals surface area contributed by atoms with E-state index in [0.717, 1.165) is 33.0 Å². The summed E-state index contributed by atoms with van der Waals surface area (Å²) in [4.78, 5) is 1.15. The Labute approximate surface area is 173 Å². The third kappa shape index (κ3) is 3.43. The molecule has 1 aromatic heterocycles. The molecule has 1 aliphatic heterocycles. The first kappa shape index (κ1) is 19.0. The summed E-state index contributed by atoms with van der Waals surface area (Å²) in [5.74, 6) is 0.864. The molecule has 6 nitrogen and oxygen atoms in total. The van der Waals surface area contributed by atoms with Crippen molar-refractivity contribution in [3.05, 3.63) is 71.1 Å². The number of aromatic nitrogens is 2. The molecule has 0 spiro atoms. The van der Waals surface area contributed by atoms with E-state index >= 15 is 0 Å². The Morgan fingerprint density at radius 3 is 2.76 bits per heavy atom. The van der Waals surface area contributed by atoms with Gasteiger partial charge in [-0.3, -0.25) is 5.10 Å². The molecule has 0 bridgehead atoms. The molecule has 7 heteroatoms. The van der Waals surface area contributed by atoms with Gasteiger partial charge in [-0.15, -0.1) is 16.9 Å². The number of aromatic amines is 1. The summed E-state index contributed by atoms with van der Waals surface area (Å²) in [6.45, 7) is 2.52. The highest BCUT2D eigenvalue weighted by molar-refractivity contribution is 7.98. The summed E-state index contributed by atoms with van der Waals surface area (Å²) in [6, 6.07) is 18.1. The molecule has 1 atom stereocenters. The lowest BCUT2D eigenvalue weighted by Gasteiger charge is -2.24. The second kappa shape index (κ2) is 7.94. The van der Waals surface area contributed by atoms with Crippen LogP contribution >= 0.6 is 11.8 Å². The minimum absolute atomic E-state index is 0.0834. The number of benzene rings is 2. The van der Waals surface area contributed by atoms with Crippen molar-refractivity contribution in [2.45, 2.75) is 17.7 Å². The quantitative estimate of drug-likeness (QED) is 0.611. The van der Waals surface area contributed by atoms with Gasteiger partial charge in [0.15, 0.2) is 0 Å². The molecule has 29 heavy (non-hydrogen) atoms. The van der Waals surface area contributed by atoms with E-state index < -0.39 is 0 Å². The molecular formula is C22H20N4O2S. The Hall–Kier alpha value is -3.37. The van der Waals surface area contributed by atoms with Crippen molar-refractivity contribution < 1.29 is 9.47 Å². The van der Waals surface area contributed by atoms with Crippen molar-refractivity contribution in [3.63, 3.8) is 0 Å². The van der Waals surface area contributed by atoms with E-state index in [1.54, 1.807) is 11.8 Å². The van der Waals surface area contributed by atoms with Crippen LogP contribution in [-0.2, 0) is 0 Å². The van der Waals surface area contributed by atoms with Gasteiger partial charge in [-0.2, -0.15) is 5.26 Å². The summed E-state index contributed by atoms with van der Waals surface area (Å²) >= 11 is 1.67. The maximum Gasteiger partial charge on any atom is 0.244 e. The van der Waals surface area contributed by atoms with E-state index in [9.17, 15) is 5.26 Å². The molecule has 4 rings (SSSR count). The maximum atomic E-state index is 9.81. The summed E-state index contributed by atoms with van der Waals surface area (Å²) in [7, 11) is 0. The SMILES string of the molecule is CCOc1cccc(-c2[nH]nc3c2C(c2ccc(SC)cc2)C(C#N)=C(N)O3)c1. The van der Waals surface area contributed by atoms with Crippen molar-refractivity contribution in [2.24, 2.45) is 5.73 Å². The number of nitriles is 1. The highest BCUT2D eigenvalue weighted by Crippen LogP contribution is 2.46. The van der Waals surface area contributed by atoms with Gasteiger partial charge in [0.2, 0.25) is 11.8 Å². The van der Waals surface area contributed by atoms with Gasteiger partial charge in [-0.1, -0.05) is 24.3 Å². The summed E-state index contributed by atoms with van der Waals surface area (Å²) in [5.41, 5.74) is 9.86. The van der Waals surface area contributed by atoms with Crippen LogP contribution in [0.1, 0.15) is 24.0 Å². The van der Waals surface area contributed by atoms with E-state index in [1.165, 1.54) is 0 Å². The van der Waals surface area contributed by atoms with Crippen molar-refractivity contribution in [1.82, 2.24) is 10.2 Å². The molecule has 0 fully saturated rings. The fourth-order valence-corrected chi connectivity index (χ4v) is 3.91. The molecule has 0 aliphatic carbocycles. The van der Waals surface area contributed by atoms with E-state index in [1.807, 2.05) is 61.7 Å². The van der Waals surface area contributed by atoms with Crippen molar-refractivity contribution in [1.29, 1.82) is 5.26 Å². The first-order chi connectivity index (χ1) is 14.2. The van der Waals surface area contributed by atoms with Crippen LogP contribution in [0.15, 0.2) is 64.9 Å². The molecule has 146 valence electrons. The van der Waals surface area contributed by atoms with E-state index in [4.69, 9.17) is 15.2 Å². The van der Waals surface area contributed by atoms with Gasteiger partial charge < -0.3 is 15.2 Å². The standard InChI is InChI=1S/C22H20N4O2S/c1-3-27-15-6-4-5-14(11-15)20-19-18(13-7-9-16(29-2)10-8-13)17(12-23)21(24)28-22(19)26-25-20/h4-11,18H,3,24H2,1-2H3,(H,25,26). The Balaban J connectivity index is 1.88. The normalized spacial score (nSPS) is 15.4. The van der Waals surface area contributed by atoms with Crippen LogP contribution < -0.4 is 15.2 Å². The molecule has 2 heterocycles. The van der Waals surface area contributed by atoms with Gasteiger partial charge >= 0.3 is 0 Å². The topological polar surface area (TPSA) is 97.0 Å². The third-order valence-electron chi connectivity index (χ3n) is 4.82. The molecule has 0 saturated carbocycles. The van der Waals surface area contributed by atoms with Gasteiger partial charge in [0.1, 0.15) is 17.4 Å². The zero-order valence-corrected chi connectivity index (χ0v) is 16.9. The van der Waals surface area contributed by atoms with Crippen LogP contribution in [0.4, 0.5) is 0 Å². The van der Waals surface area contributed by atoms with Gasteiger partial charge in [0, 0.05) is 10.5 Å². The van der Waals surface area contributed by atoms with E-state index in [-0.39, 0.29) is 11.8 Å². The average Bonchev–Trinajstić information content (AvgIpc) is 3.16. The number of allylic oxidation sites excluding steroid dienone is 1. The number of nitrogens with two attached hydrogens (primary N) is 1. The largest absolute Gasteiger partial charge is 0.494 e. The van der Waals surface area contributed by atoms with Crippen LogP contribution in [0.3, 0.4) is 0 Å². The number of rotatable bonds is 5. The van der Waals surface area contributed by atoms with E-state index in [2.05, 4.69) is 16.3 Å². The summed E-state index contributed by atoms with van der Waals surface area (Å²) in [5, 5.41) is 17.2. The Kier molecular flexibility index (Phi) is 5.19. The Morgan fingerprint density at radius 2 is 2.07 bits per heavy atom. The van der Waals surface area contributed by atoms with E-state index in [0.29, 0.717) is 18.1 Å². The average molecular weight is 404 g/mol. The second-order valence-electron chi connectivity index (χ2n) is 6.48. The van der Waals surface area contributed by atoms with Crippen LogP contribution in [0.5, 0.6) is 11.6 Å². The van der Waals surface area contributed by atoms with Crippen LogP contribution in [0.25, 0.3) is 11.3 Å². The second-order valence-corrected chi connectivity index (χ2v) is 7.36. The van der Waals surface area contributed by atoms with Gasteiger partial charge in [0.25, 0.3) is 0 Å². The Morgan fingerprint density at radius 1 is 1.28 bits per heavy atom. The molecule has 3 aromatic rings. The molecule has 0 amide bonds. The summed E-state index contributed by atoms with van der Waals surface area (Å²) in [6.07, 6.45) is 2.03. The number of nitrogens with zero attached hydrogens (tertiary/aromatic N) is 2. The lowest BCUT2D eigenvalue weighted by molar-refractivity contribution is 0.340. The Bertz CT molecular complexity index is 1110. The van der Waals surface area contributed by atoms with Crippen LogP contribution in [0, 0.1) is 11.3 Å². The minimum atomic E-state index is -0.371. The third-order valence-corrected chi connectivity index (χ3v) is 5.57. The van der Waals surface area contributed by atoms with Gasteiger partial charge in [0.05, 0.1) is 23.8 Å². The lowest BCUT2D eigenvalue weighted by atomic mass is 9.83. The number of hydrogen-bond acceptors (Lipinski definition) is 6. The number of hydrogen-bond donors (Lipinski definition) is 2. The molecule has 3 N–H and O–H groups in total. The highest BCUT2D eigenvalue weighted by Gasteiger charge is 2.35. The predicted molar refractivity (Wildman–Crippen MR) is 113 cm³/mol. The van der Waals surface area contributed by atoms with Crippen molar-refractivity contribution >= 4 is 11.8 Å². The zero-order chi connectivity index (χ0) is 20.4. The molecule has 0 saturated heterocycles. The van der Waals surface area contributed by atoms with Gasteiger partial charge in [-0.05, 0) is 43.0 Å². The molecule has 2 aromatic carbocycles. The van der Waals surface area contributed by atoms with Crippen molar-refractivity contribution in [3.8, 4) is 29.0 Å². The fraction of sp³-hybridized carbons (Fsp3) is 0.182. The highest BCUT2D eigenvalue weighted by atomic mass is 32.2. The van der Waals surface area contributed by atoms with Crippen LogP contribution in [0.2, 0.25) is 0 Å². The number of nitrogens with one attached hydrogen (secondary N) is 1. The van der Waals surface area contributed by atoms with Crippen LogP contribution in [-0.4, -0.2) is 23.1 Å². The fourth-order valence-electron chi connectivity index (χ4n) is 3.50. The number of thioether (sulfide) groups is 1. The molecule has 1 unspecified atom stereocenters. The monoisotopic (exact) mass is 404 g/mol. The predicted octanol–water partition coefficient (Wildman–Crippen LogP) is 4.42. The summed E-state index contributed by atoms with van der Waals surface area (Å²) < 4.78 is 11.3. The smallest absolute Gasteiger partial charge is 0.244 e. The van der Waals surface area contributed by atoms with Crippen molar-refractivity contribution in [2.75, 3.05) is 12.9 Å². The zero-order valence-electron chi connectivity index (χ0n) is 16.1. The molecule has 1 aliphatic rings. The number of fused-ring (bicyclic) bond motifs is 1. The number of ether oxygens (including phenoxy) is 2.